The minimum atomic E-state index is -3.29. The molecule has 6 heteroatoms. The van der Waals surface area contributed by atoms with Crippen molar-refractivity contribution in [3.63, 3.8) is 0 Å². The second-order valence-corrected chi connectivity index (χ2v) is 24.8. The summed E-state index contributed by atoms with van der Waals surface area (Å²) in [6.07, 6.45) is 16.2. The van der Waals surface area contributed by atoms with Crippen molar-refractivity contribution in [2.24, 2.45) is 16.8 Å². The fourth-order valence-electron chi connectivity index (χ4n) is 8.42. The Morgan fingerprint density at radius 1 is 0.905 bits per heavy atom. The van der Waals surface area contributed by atoms with Crippen LogP contribution >= 0.6 is 16.6 Å². The number of hydrogen-bond donors (Lipinski definition) is 0. The SMILES string of the molecule is COc1ccccc1-c1ccccc1N=Cc1cc(C2CCCCC2)cc(C23CCCC(CC(C)C2)C3)c1[O][Tl]([Cl])[Cl]. The van der Waals surface area contributed by atoms with Crippen molar-refractivity contribution in [2.75, 3.05) is 7.11 Å². The van der Waals surface area contributed by atoms with Crippen LogP contribution in [0.4, 0.5) is 5.69 Å². The average molecular weight is 796 g/mol. The summed E-state index contributed by atoms with van der Waals surface area (Å²) in [5, 5.41) is 0. The van der Waals surface area contributed by atoms with Gasteiger partial charge in [0.15, 0.2) is 0 Å². The standard InChI is InChI=1S/C36H43NO2.2ClH.Tl/c1-25-19-26-11-10-18-36(22-25,23-26)32-21-28(27-12-4-3-5-13-27)20-29(35(32)38)24-37-33-16-8-6-14-30(33)31-15-7-9-17-34(31)39-2;;;/h6-9,14-17,20-21,24-27,38H,3-5,10-13,18-19,22-23H2,1-2H3;2*1H;/q;;;+3/p-3. The molecule has 0 aromatic heterocycles. The van der Waals surface area contributed by atoms with E-state index < -0.39 is 20.7 Å². The Balaban J connectivity index is 1.50. The summed E-state index contributed by atoms with van der Waals surface area (Å²) in [5.41, 5.74) is 6.95. The second kappa shape index (κ2) is 13.6. The number of fused-ring (bicyclic) bond motifs is 2. The van der Waals surface area contributed by atoms with Crippen molar-refractivity contribution in [3.05, 3.63) is 77.4 Å². The van der Waals surface area contributed by atoms with Crippen LogP contribution in [0.2, 0.25) is 0 Å². The summed E-state index contributed by atoms with van der Waals surface area (Å²) in [6, 6.07) is 21.3. The van der Waals surface area contributed by atoms with Gasteiger partial charge in [0.2, 0.25) is 0 Å². The number of benzene rings is 3. The van der Waals surface area contributed by atoms with E-state index in [9.17, 15) is 0 Å². The van der Waals surface area contributed by atoms with Crippen LogP contribution < -0.4 is 7.42 Å². The van der Waals surface area contributed by atoms with Gasteiger partial charge in [-0.25, -0.2) is 0 Å². The van der Waals surface area contributed by atoms with Gasteiger partial charge in [-0.05, 0) is 0 Å². The zero-order valence-corrected chi connectivity index (χ0v) is 31.0. The van der Waals surface area contributed by atoms with E-state index in [0.717, 1.165) is 39.8 Å². The molecule has 0 saturated heterocycles. The molecule has 220 valence electrons. The van der Waals surface area contributed by atoms with Crippen LogP contribution in [0.5, 0.6) is 11.5 Å². The van der Waals surface area contributed by atoms with Gasteiger partial charge < -0.3 is 0 Å². The number of para-hydroxylation sites is 2. The van der Waals surface area contributed by atoms with E-state index in [1.165, 1.54) is 81.8 Å². The van der Waals surface area contributed by atoms with E-state index in [1.807, 2.05) is 30.5 Å². The third kappa shape index (κ3) is 6.58. The quantitative estimate of drug-likeness (QED) is 0.168. The van der Waals surface area contributed by atoms with Crippen molar-refractivity contribution in [1.29, 1.82) is 0 Å². The maximum atomic E-state index is 6.61. The molecule has 3 fully saturated rings. The van der Waals surface area contributed by atoms with E-state index in [1.54, 1.807) is 7.11 Å². The Hall–Kier alpha value is -1.57. The zero-order chi connectivity index (χ0) is 29.1. The predicted molar refractivity (Wildman–Crippen MR) is 178 cm³/mol. The Bertz CT molecular complexity index is 1420. The van der Waals surface area contributed by atoms with Gasteiger partial charge in [0, 0.05) is 0 Å². The van der Waals surface area contributed by atoms with Gasteiger partial charge in [0.25, 0.3) is 0 Å². The molecule has 3 aromatic rings. The molecule has 0 amide bonds. The van der Waals surface area contributed by atoms with Gasteiger partial charge in [-0.1, -0.05) is 0 Å². The van der Waals surface area contributed by atoms with E-state index in [4.69, 9.17) is 29.0 Å². The third-order valence-electron chi connectivity index (χ3n) is 10.1. The Morgan fingerprint density at radius 3 is 2.45 bits per heavy atom. The number of ether oxygens (including phenoxy) is 1. The fourth-order valence-corrected chi connectivity index (χ4v) is 11.7. The molecule has 3 aromatic carbocycles. The van der Waals surface area contributed by atoms with Crippen molar-refractivity contribution >= 4 is 49.2 Å². The summed E-state index contributed by atoms with van der Waals surface area (Å²) in [4.78, 5) is 5.14. The number of rotatable bonds is 8. The van der Waals surface area contributed by atoms with Crippen LogP contribution in [0.25, 0.3) is 11.1 Å². The number of nitrogens with zero attached hydrogens (tertiary/aromatic N) is 1. The van der Waals surface area contributed by atoms with E-state index in [-0.39, 0.29) is 5.41 Å². The molecule has 3 atom stereocenters. The van der Waals surface area contributed by atoms with Crippen LogP contribution in [0.3, 0.4) is 0 Å². The minimum absolute atomic E-state index is 0.134. The van der Waals surface area contributed by atoms with Crippen molar-refractivity contribution in [3.8, 4) is 22.6 Å². The first-order valence-electron chi connectivity index (χ1n) is 15.9. The second-order valence-electron chi connectivity index (χ2n) is 13.0. The van der Waals surface area contributed by atoms with Crippen LogP contribution in [0, 0.1) is 11.8 Å². The summed E-state index contributed by atoms with van der Waals surface area (Å²) in [7, 11) is 14.9. The molecule has 3 unspecified atom stereocenters. The number of hydrogen-bond acceptors (Lipinski definition) is 3. The molecule has 2 bridgehead atoms. The summed E-state index contributed by atoms with van der Waals surface area (Å²) in [6.45, 7) is 2.45. The monoisotopic (exact) mass is 795 g/mol. The molecule has 3 nitrogen and oxygen atoms in total. The van der Waals surface area contributed by atoms with Crippen LogP contribution in [0.1, 0.15) is 100 Å². The topological polar surface area (TPSA) is 30.8 Å². The Labute approximate surface area is 267 Å². The molecule has 3 saturated carbocycles. The van der Waals surface area contributed by atoms with E-state index in [2.05, 4.69) is 43.3 Å². The number of aliphatic imine (C=N–C) groups is 1. The molecule has 42 heavy (non-hydrogen) atoms. The van der Waals surface area contributed by atoms with Crippen LogP contribution in [0.15, 0.2) is 65.7 Å². The normalized spacial score (nSPS) is 24.5. The first kappa shape index (κ1) is 30.5. The molecule has 0 spiro atoms. The number of methoxy groups -OCH3 is 1. The molecule has 0 heterocycles. The molecule has 3 aliphatic rings. The Morgan fingerprint density at radius 2 is 1.67 bits per heavy atom. The van der Waals surface area contributed by atoms with Crippen molar-refractivity contribution in [1.82, 2.24) is 0 Å². The van der Waals surface area contributed by atoms with Gasteiger partial charge in [-0.15, -0.1) is 0 Å². The van der Waals surface area contributed by atoms with Crippen molar-refractivity contribution in [2.45, 2.75) is 88.9 Å². The molecule has 3 aliphatic carbocycles. The maximum absolute atomic E-state index is 6.61. The van der Waals surface area contributed by atoms with Crippen molar-refractivity contribution < 1.29 is 7.42 Å². The van der Waals surface area contributed by atoms with Gasteiger partial charge in [-0.3, -0.25) is 0 Å². The van der Waals surface area contributed by atoms with Crippen LogP contribution in [-0.2, 0) is 5.41 Å². The van der Waals surface area contributed by atoms with Crippen LogP contribution in [-0.4, -0.2) is 34.0 Å². The zero-order valence-electron chi connectivity index (χ0n) is 25.0. The molecule has 0 radical (unpaired) electrons. The number of halogens is 2. The van der Waals surface area contributed by atoms with E-state index >= 15 is 0 Å². The predicted octanol–water partition coefficient (Wildman–Crippen LogP) is 10.9. The Kier molecular flexibility index (Phi) is 9.87. The molecule has 6 rings (SSSR count). The first-order valence-corrected chi connectivity index (χ1v) is 28.7. The summed E-state index contributed by atoms with van der Waals surface area (Å²) < 4.78 is 12.3. The van der Waals surface area contributed by atoms with Gasteiger partial charge in [0.05, 0.1) is 0 Å². The molecule has 0 aliphatic heterocycles. The molecule has 0 N–H and O–H groups in total. The third-order valence-corrected chi connectivity index (χ3v) is 13.2. The molecular formula is C36H42Cl2NO2Tl. The summed E-state index contributed by atoms with van der Waals surface area (Å²) in [5.74, 6) is 3.85. The molecular weight excluding hydrogens is 754 g/mol. The van der Waals surface area contributed by atoms with Gasteiger partial charge in [-0.2, -0.15) is 0 Å². The van der Waals surface area contributed by atoms with Gasteiger partial charge >= 0.3 is 269 Å². The summed E-state index contributed by atoms with van der Waals surface area (Å²) >= 11 is -3.29. The van der Waals surface area contributed by atoms with Gasteiger partial charge in [0.1, 0.15) is 0 Å². The average Bonchev–Trinajstić information content (AvgIpc) is 3.00. The fraction of sp³-hybridized carbons (Fsp3) is 0.472. The van der Waals surface area contributed by atoms with E-state index in [0.29, 0.717) is 11.8 Å². The first-order chi connectivity index (χ1) is 20.5.